The van der Waals surface area contributed by atoms with Gasteiger partial charge in [-0.1, -0.05) is 42.8 Å². The first-order valence-corrected chi connectivity index (χ1v) is 10.8. The zero-order valence-electron chi connectivity index (χ0n) is 18.9. The summed E-state index contributed by atoms with van der Waals surface area (Å²) in [4.78, 5) is 27.1. The first-order chi connectivity index (χ1) is 14.8. The van der Waals surface area contributed by atoms with Crippen molar-refractivity contribution in [1.29, 1.82) is 0 Å². The van der Waals surface area contributed by atoms with Crippen LogP contribution in [0.25, 0.3) is 0 Å². The molecule has 0 saturated heterocycles. The minimum Gasteiger partial charge on any atom is -0.494 e. The number of rotatable bonds is 11. The Hall–Kier alpha value is -2.89. The van der Waals surface area contributed by atoms with E-state index in [9.17, 15) is 14.0 Å². The number of halogens is 1. The van der Waals surface area contributed by atoms with Gasteiger partial charge in [0, 0.05) is 24.6 Å². The highest BCUT2D eigenvalue weighted by Crippen LogP contribution is 2.16. The van der Waals surface area contributed by atoms with Crippen molar-refractivity contribution in [3.05, 3.63) is 65.5 Å². The van der Waals surface area contributed by atoms with Crippen LogP contribution in [0.15, 0.2) is 48.5 Å². The van der Waals surface area contributed by atoms with E-state index < -0.39 is 11.9 Å². The fourth-order valence-electron chi connectivity index (χ4n) is 3.05. The second kappa shape index (κ2) is 12.1. The molecule has 2 atom stereocenters. The monoisotopic (exact) mass is 428 g/mol. The van der Waals surface area contributed by atoms with Gasteiger partial charge in [-0.3, -0.25) is 9.59 Å². The van der Waals surface area contributed by atoms with Crippen molar-refractivity contribution in [1.82, 2.24) is 10.2 Å². The van der Waals surface area contributed by atoms with Gasteiger partial charge in [0.25, 0.3) is 0 Å². The Morgan fingerprint density at radius 1 is 1.10 bits per heavy atom. The average Bonchev–Trinajstić information content (AvgIpc) is 2.76. The summed E-state index contributed by atoms with van der Waals surface area (Å²) in [5.74, 6) is -0.0856. The van der Waals surface area contributed by atoms with Gasteiger partial charge in [0.1, 0.15) is 17.6 Å². The van der Waals surface area contributed by atoms with Crippen molar-refractivity contribution in [2.45, 2.75) is 65.6 Å². The molecule has 31 heavy (non-hydrogen) atoms. The Morgan fingerprint density at radius 2 is 1.77 bits per heavy atom. The van der Waals surface area contributed by atoms with Gasteiger partial charge in [0.15, 0.2) is 0 Å². The summed E-state index contributed by atoms with van der Waals surface area (Å²) in [7, 11) is 0. The molecule has 0 aliphatic rings. The zero-order valence-corrected chi connectivity index (χ0v) is 18.9. The molecule has 0 fully saturated rings. The van der Waals surface area contributed by atoms with Crippen LogP contribution in [0.2, 0.25) is 0 Å². The SMILES string of the molecule is CC[C@@H](C)NC(=O)[C@@H](C)N(Cc1ccccc1F)C(=O)CCCOc1ccc(C)cc1. The maximum atomic E-state index is 14.2. The van der Waals surface area contributed by atoms with Crippen molar-refractivity contribution in [3.63, 3.8) is 0 Å². The zero-order chi connectivity index (χ0) is 22.8. The molecule has 5 nitrogen and oxygen atoms in total. The third-order valence-corrected chi connectivity index (χ3v) is 5.29. The molecule has 168 valence electrons. The first-order valence-electron chi connectivity index (χ1n) is 10.8. The number of nitrogens with one attached hydrogen (secondary N) is 1. The van der Waals surface area contributed by atoms with E-state index >= 15 is 0 Å². The summed E-state index contributed by atoms with van der Waals surface area (Å²) in [6.07, 6.45) is 1.50. The topological polar surface area (TPSA) is 58.6 Å². The van der Waals surface area contributed by atoms with Gasteiger partial charge in [-0.25, -0.2) is 4.39 Å². The largest absolute Gasteiger partial charge is 0.494 e. The Labute approximate surface area is 184 Å². The highest BCUT2D eigenvalue weighted by molar-refractivity contribution is 5.87. The normalized spacial score (nSPS) is 12.7. The van der Waals surface area contributed by atoms with Crippen molar-refractivity contribution < 1.29 is 18.7 Å². The molecule has 2 rings (SSSR count). The molecule has 0 aliphatic carbocycles. The lowest BCUT2D eigenvalue weighted by Crippen LogP contribution is -2.49. The summed E-state index contributed by atoms with van der Waals surface area (Å²) in [5, 5.41) is 2.91. The highest BCUT2D eigenvalue weighted by Gasteiger charge is 2.27. The molecule has 0 spiro atoms. The van der Waals surface area contributed by atoms with Crippen LogP contribution in [0, 0.1) is 12.7 Å². The second-order valence-electron chi connectivity index (χ2n) is 7.87. The lowest BCUT2D eigenvalue weighted by molar-refractivity contribution is -0.141. The minimum atomic E-state index is -0.709. The molecule has 0 aliphatic heterocycles. The summed E-state index contributed by atoms with van der Waals surface area (Å²) in [5.41, 5.74) is 1.53. The van der Waals surface area contributed by atoms with Crippen molar-refractivity contribution in [2.75, 3.05) is 6.61 Å². The van der Waals surface area contributed by atoms with Gasteiger partial charge < -0.3 is 15.0 Å². The molecule has 0 unspecified atom stereocenters. The lowest BCUT2D eigenvalue weighted by atomic mass is 10.1. The van der Waals surface area contributed by atoms with E-state index in [0.29, 0.717) is 18.6 Å². The van der Waals surface area contributed by atoms with Gasteiger partial charge in [0.05, 0.1) is 6.61 Å². The van der Waals surface area contributed by atoms with Crippen LogP contribution >= 0.6 is 0 Å². The summed E-state index contributed by atoms with van der Waals surface area (Å²) < 4.78 is 19.9. The minimum absolute atomic E-state index is 0.00303. The number of ether oxygens (including phenoxy) is 1. The number of amides is 2. The Balaban J connectivity index is 2.01. The van der Waals surface area contributed by atoms with Crippen molar-refractivity contribution >= 4 is 11.8 Å². The second-order valence-corrected chi connectivity index (χ2v) is 7.87. The lowest BCUT2D eigenvalue weighted by Gasteiger charge is -2.30. The smallest absolute Gasteiger partial charge is 0.242 e. The van der Waals surface area contributed by atoms with Gasteiger partial charge in [0.2, 0.25) is 11.8 Å². The fraction of sp³-hybridized carbons (Fsp3) is 0.440. The van der Waals surface area contributed by atoms with Gasteiger partial charge in [-0.15, -0.1) is 0 Å². The molecule has 2 aromatic rings. The van der Waals surface area contributed by atoms with Crippen molar-refractivity contribution in [3.8, 4) is 5.75 Å². The van der Waals surface area contributed by atoms with Crippen LogP contribution in [0.5, 0.6) is 5.75 Å². The third kappa shape index (κ3) is 7.70. The molecule has 6 heteroatoms. The molecule has 2 aromatic carbocycles. The van der Waals surface area contributed by atoms with Crippen LogP contribution in [-0.4, -0.2) is 35.4 Å². The predicted molar refractivity (Wildman–Crippen MR) is 120 cm³/mol. The number of nitrogens with zero attached hydrogens (tertiary/aromatic N) is 1. The molecular weight excluding hydrogens is 395 g/mol. The maximum Gasteiger partial charge on any atom is 0.242 e. The van der Waals surface area contributed by atoms with Crippen molar-refractivity contribution in [2.24, 2.45) is 0 Å². The Morgan fingerprint density at radius 3 is 2.42 bits per heavy atom. The summed E-state index contributed by atoms with van der Waals surface area (Å²) in [6.45, 7) is 8.00. The van der Waals surface area contributed by atoms with Gasteiger partial charge >= 0.3 is 0 Å². The summed E-state index contributed by atoms with van der Waals surface area (Å²) >= 11 is 0. The number of hydrogen-bond acceptors (Lipinski definition) is 3. The summed E-state index contributed by atoms with van der Waals surface area (Å²) in [6, 6.07) is 13.3. The van der Waals surface area contributed by atoms with Crippen LogP contribution in [0.1, 0.15) is 51.2 Å². The fourth-order valence-corrected chi connectivity index (χ4v) is 3.05. The van der Waals surface area contributed by atoms with Gasteiger partial charge in [-0.05, 0) is 51.8 Å². The molecule has 0 heterocycles. The highest BCUT2D eigenvalue weighted by atomic mass is 19.1. The van der Waals surface area contributed by atoms with E-state index in [-0.39, 0.29) is 30.8 Å². The van der Waals surface area contributed by atoms with Gasteiger partial charge in [-0.2, -0.15) is 0 Å². The maximum absolute atomic E-state index is 14.2. The number of hydrogen-bond donors (Lipinski definition) is 1. The number of carbonyl (C=O) groups excluding carboxylic acids is 2. The quantitative estimate of drug-likeness (QED) is 0.531. The molecule has 1 N–H and O–H groups in total. The number of benzene rings is 2. The predicted octanol–water partition coefficient (Wildman–Crippen LogP) is 4.63. The third-order valence-electron chi connectivity index (χ3n) is 5.29. The van der Waals surface area contributed by atoms with E-state index in [2.05, 4.69) is 5.32 Å². The van der Waals surface area contributed by atoms with E-state index in [1.807, 2.05) is 45.0 Å². The van der Waals surface area contributed by atoms with Crippen LogP contribution in [-0.2, 0) is 16.1 Å². The molecule has 0 bridgehead atoms. The van der Waals surface area contributed by atoms with Crippen LogP contribution in [0.3, 0.4) is 0 Å². The van der Waals surface area contributed by atoms with E-state index in [0.717, 1.165) is 17.7 Å². The molecule has 0 saturated carbocycles. The van der Waals surface area contributed by atoms with E-state index in [4.69, 9.17) is 4.74 Å². The number of aryl methyl sites for hydroxylation is 1. The molecular formula is C25H33FN2O3. The average molecular weight is 429 g/mol. The van der Waals surface area contributed by atoms with E-state index in [1.54, 1.807) is 25.1 Å². The molecule has 0 radical (unpaired) electrons. The molecule has 2 amide bonds. The number of carbonyl (C=O) groups is 2. The first kappa shape index (κ1) is 24.4. The van der Waals surface area contributed by atoms with Crippen LogP contribution < -0.4 is 10.1 Å². The standard InChI is InChI=1S/C25H33FN2O3/c1-5-19(3)27-25(30)20(4)28(17-21-9-6-7-10-23(21)26)24(29)11-8-16-31-22-14-12-18(2)13-15-22/h6-7,9-10,12-15,19-20H,5,8,11,16-17H2,1-4H3,(H,27,30)/t19-,20-/m1/s1. The Bertz CT molecular complexity index is 854. The Kier molecular flexibility index (Phi) is 9.50. The van der Waals surface area contributed by atoms with E-state index in [1.165, 1.54) is 11.0 Å². The van der Waals surface area contributed by atoms with Crippen LogP contribution in [0.4, 0.5) is 4.39 Å². The molecule has 0 aromatic heterocycles.